The van der Waals surface area contributed by atoms with Crippen molar-refractivity contribution in [1.29, 1.82) is 0 Å². The number of hydrogen-bond acceptors (Lipinski definition) is 4. The number of rotatable bonds is 2. The molecule has 0 unspecified atom stereocenters. The van der Waals surface area contributed by atoms with E-state index in [1.165, 1.54) is 35.7 Å². The van der Waals surface area contributed by atoms with Crippen molar-refractivity contribution in [1.82, 2.24) is 0 Å². The maximum Gasteiger partial charge on any atom is 0.187 e. The molecule has 1 rings (SSSR count). The monoisotopic (exact) mass is 188 g/mol. The van der Waals surface area contributed by atoms with E-state index in [2.05, 4.69) is 0 Å². The fraction of sp³-hybridized carbons (Fsp3) is 0.286. The van der Waals surface area contributed by atoms with E-state index in [1.54, 1.807) is 0 Å². The van der Waals surface area contributed by atoms with E-state index in [-0.39, 0.29) is 5.43 Å². The molecule has 0 bridgehead atoms. The Kier molecular flexibility index (Phi) is 3.08. The molecule has 4 heteroatoms. The van der Waals surface area contributed by atoms with Crippen LogP contribution in [0, 0.1) is 0 Å². The molecule has 0 atom stereocenters. The van der Waals surface area contributed by atoms with E-state index >= 15 is 0 Å². The Morgan fingerprint density at radius 1 is 1.18 bits per heavy atom. The van der Waals surface area contributed by atoms with Crippen LogP contribution in [0.2, 0.25) is 0 Å². The lowest BCUT2D eigenvalue weighted by atomic mass is 10.5. The van der Waals surface area contributed by atoms with Crippen LogP contribution >= 0.6 is 23.5 Å². The standard InChI is InChI=1S/C7H8O2S2/c1-10-6-3-5(8)4-7(9-6)11-2/h3-4H,1-2H3. The number of hydrogen-bond donors (Lipinski definition) is 0. The van der Waals surface area contributed by atoms with Crippen molar-refractivity contribution in [2.45, 2.75) is 10.2 Å². The lowest BCUT2D eigenvalue weighted by molar-refractivity contribution is 0.373. The molecule has 0 saturated heterocycles. The van der Waals surface area contributed by atoms with Crippen LogP contribution in [-0.2, 0) is 0 Å². The first-order valence-corrected chi connectivity index (χ1v) is 5.44. The Morgan fingerprint density at radius 3 is 2.00 bits per heavy atom. The van der Waals surface area contributed by atoms with Crippen molar-refractivity contribution < 1.29 is 4.42 Å². The zero-order valence-corrected chi connectivity index (χ0v) is 7.92. The predicted octanol–water partition coefficient (Wildman–Crippen LogP) is 2.08. The first kappa shape index (κ1) is 8.74. The summed E-state index contributed by atoms with van der Waals surface area (Å²) in [6.45, 7) is 0. The van der Waals surface area contributed by atoms with Crippen LogP contribution in [0.3, 0.4) is 0 Å². The highest BCUT2D eigenvalue weighted by molar-refractivity contribution is 7.99. The summed E-state index contributed by atoms with van der Waals surface area (Å²) in [6, 6.07) is 2.98. The van der Waals surface area contributed by atoms with Crippen LogP contribution in [0.5, 0.6) is 0 Å². The number of thioether (sulfide) groups is 2. The van der Waals surface area contributed by atoms with Gasteiger partial charge in [-0.15, -0.1) is 0 Å². The summed E-state index contributed by atoms with van der Waals surface area (Å²) in [5.41, 5.74) is 0.00458. The Labute approximate surface area is 73.4 Å². The molecular weight excluding hydrogens is 180 g/mol. The molecule has 11 heavy (non-hydrogen) atoms. The molecule has 2 nitrogen and oxygen atoms in total. The zero-order valence-electron chi connectivity index (χ0n) is 6.29. The van der Waals surface area contributed by atoms with E-state index in [0.717, 1.165) is 0 Å². The predicted molar refractivity (Wildman–Crippen MR) is 48.5 cm³/mol. The molecule has 0 aromatic carbocycles. The van der Waals surface area contributed by atoms with Crippen molar-refractivity contribution in [3.05, 3.63) is 22.4 Å². The van der Waals surface area contributed by atoms with Gasteiger partial charge in [-0.1, -0.05) is 23.5 Å². The van der Waals surface area contributed by atoms with Gasteiger partial charge >= 0.3 is 0 Å². The van der Waals surface area contributed by atoms with E-state index in [1.807, 2.05) is 12.5 Å². The summed E-state index contributed by atoms with van der Waals surface area (Å²) < 4.78 is 5.28. The summed E-state index contributed by atoms with van der Waals surface area (Å²) >= 11 is 2.86. The molecule has 0 aliphatic heterocycles. The van der Waals surface area contributed by atoms with Crippen LogP contribution < -0.4 is 5.43 Å². The Hall–Kier alpha value is -0.350. The van der Waals surface area contributed by atoms with Gasteiger partial charge in [0.1, 0.15) is 0 Å². The van der Waals surface area contributed by atoms with E-state index in [4.69, 9.17) is 4.42 Å². The van der Waals surface area contributed by atoms with Gasteiger partial charge in [0.25, 0.3) is 0 Å². The Morgan fingerprint density at radius 2 is 1.64 bits per heavy atom. The van der Waals surface area contributed by atoms with E-state index < -0.39 is 0 Å². The minimum atomic E-state index is 0.00458. The maximum absolute atomic E-state index is 10.9. The molecule has 1 aromatic rings. The van der Waals surface area contributed by atoms with Crippen molar-refractivity contribution in [2.24, 2.45) is 0 Å². The Balaban J connectivity index is 3.12. The van der Waals surface area contributed by atoms with Gasteiger partial charge in [0.2, 0.25) is 0 Å². The van der Waals surface area contributed by atoms with Gasteiger partial charge in [0, 0.05) is 12.1 Å². The van der Waals surface area contributed by atoms with Gasteiger partial charge in [-0.25, -0.2) is 0 Å². The molecule has 0 aliphatic rings. The third-order valence-electron chi connectivity index (χ3n) is 1.12. The summed E-state index contributed by atoms with van der Waals surface area (Å²) in [4.78, 5) is 10.9. The summed E-state index contributed by atoms with van der Waals surface area (Å²) in [7, 11) is 0. The molecule has 0 radical (unpaired) electrons. The van der Waals surface area contributed by atoms with Crippen LogP contribution in [-0.4, -0.2) is 12.5 Å². The van der Waals surface area contributed by atoms with Crippen LogP contribution in [0.4, 0.5) is 0 Å². The highest BCUT2D eigenvalue weighted by Crippen LogP contribution is 2.19. The molecule has 0 spiro atoms. The second-order valence-corrected chi connectivity index (χ2v) is 3.46. The summed E-state index contributed by atoms with van der Waals surface area (Å²) in [6.07, 6.45) is 3.75. The minimum Gasteiger partial charge on any atom is -0.443 e. The SMILES string of the molecule is CSc1cc(=O)cc(SC)o1. The fourth-order valence-corrected chi connectivity index (χ4v) is 1.50. The van der Waals surface area contributed by atoms with Crippen LogP contribution in [0.1, 0.15) is 0 Å². The smallest absolute Gasteiger partial charge is 0.187 e. The molecule has 0 amide bonds. The Bertz CT molecular complexity index is 267. The zero-order chi connectivity index (χ0) is 8.27. The maximum atomic E-state index is 10.9. The molecule has 0 saturated carbocycles. The third-order valence-corrected chi connectivity index (χ3v) is 2.33. The summed E-state index contributed by atoms with van der Waals surface area (Å²) in [5, 5.41) is 1.34. The fourth-order valence-electron chi connectivity index (χ4n) is 0.633. The highest BCUT2D eigenvalue weighted by Gasteiger charge is 1.98. The largest absolute Gasteiger partial charge is 0.443 e. The topological polar surface area (TPSA) is 30.2 Å². The van der Waals surface area contributed by atoms with Crippen molar-refractivity contribution in [2.75, 3.05) is 12.5 Å². The average molecular weight is 188 g/mol. The minimum absolute atomic E-state index is 0.00458. The normalized spacial score (nSPS) is 10.0. The van der Waals surface area contributed by atoms with Gasteiger partial charge in [-0.05, 0) is 12.5 Å². The molecule has 0 N–H and O–H groups in total. The quantitative estimate of drug-likeness (QED) is 0.665. The van der Waals surface area contributed by atoms with Gasteiger partial charge in [-0.3, -0.25) is 4.79 Å². The second-order valence-electron chi connectivity index (χ2n) is 1.84. The lowest BCUT2D eigenvalue weighted by Crippen LogP contribution is -1.96. The molecular formula is C7H8O2S2. The van der Waals surface area contributed by atoms with Gasteiger partial charge in [-0.2, -0.15) is 0 Å². The second kappa shape index (κ2) is 3.88. The molecule has 1 aromatic heterocycles. The van der Waals surface area contributed by atoms with E-state index in [0.29, 0.717) is 10.2 Å². The van der Waals surface area contributed by atoms with Crippen LogP contribution in [0.25, 0.3) is 0 Å². The van der Waals surface area contributed by atoms with Crippen molar-refractivity contribution in [3.63, 3.8) is 0 Å². The molecule has 1 heterocycles. The summed E-state index contributed by atoms with van der Waals surface area (Å²) in [5.74, 6) is 0. The lowest BCUT2D eigenvalue weighted by Gasteiger charge is -1.96. The van der Waals surface area contributed by atoms with Gasteiger partial charge < -0.3 is 4.42 Å². The van der Waals surface area contributed by atoms with Crippen molar-refractivity contribution in [3.8, 4) is 0 Å². The van der Waals surface area contributed by atoms with Gasteiger partial charge in [0.05, 0.1) is 0 Å². The van der Waals surface area contributed by atoms with Gasteiger partial charge in [0.15, 0.2) is 15.6 Å². The first-order chi connectivity index (χ1) is 5.26. The van der Waals surface area contributed by atoms with Crippen LogP contribution in [0.15, 0.2) is 31.5 Å². The third kappa shape index (κ3) is 2.31. The molecule has 0 aliphatic carbocycles. The molecule has 60 valence electrons. The first-order valence-electron chi connectivity index (χ1n) is 2.99. The van der Waals surface area contributed by atoms with E-state index in [9.17, 15) is 4.79 Å². The molecule has 0 fully saturated rings. The van der Waals surface area contributed by atoms with Crippen molar-refractivity contribution >= 4 is 23.5 Å². The average Bonchev–Trinajstić information content (AvgIpc) is 2.03. The highest BCUT2D eigenvalue weighted by atomic mass is 32.2.